The second kappa shape index (κ2) is 11.7. The molecule has 1 aromatic carbocycles. The molecule has 1 atom stereocenters. The van der Waals surface area contributed by atoms with Crippen molar-refractivity contribution in [3.63, 3.8) is 0 Å². The molecule has 0 bridgehead atoms. The van der Waals surface area contributed by atoms with E-state index in [1.54, 1.807) is 6.20 Å². The topological polar surface area (TPSA) is 71.0 Å². The number of likely N-dealkylation sites (tertiary alicyclic amines) is 1. The number of carbonyl (C=O) groups is 1. The van der Waals surface area contributed by atoms with Gasteiger partial charge in [0.05, 0.1) is 22.0 Å². The zero-order valence-corrected chi connectivity index (χ0v) is 21.6. The number of pyridine rings is 1. The van der Waals surface area contributed by atoms with Crippen LogP contribution in [0.5, 0.6) is 0 Å². The van der Waals surface area contributed by atoms with E-state index in [1.165, 1.54) is 16.9 Å². The van der Waals surface area contributed by atoms with Gasteiger partial charge in [0.15, 0.2) is 5.78 Å². The normalized spacial score (nSPS) is 15.7. The number of hydrogen-bond donors (Lipinski definition) is 1. The molecule has 36 heavy (non-hydrogen) atoms. The fourth-order valence-corrected chi connectivity index (χ4v) is 5.74. The maximum absolute atomic E-state index is 13.3. The number of ketones is 1. The molecule has 1 saturated heterocycles. The minimum Gasteiger partial charge on any atom is -0.346 e. The molecule has 0 spiro atoms. The summed E-state index contributed by atoms with van der Waals surface area (Å²) in [6.07, 6.45) is 6.66. The van der Waals surface area contributed by atoms with Gasteiger partial charge < -0.3 is 10.2 Å². The molecule has 4 aromatic rings. The number of hydrogen-bond acceptors (Lipinski definition) is 7. The minimum absolute atomic E-state index is 0.0580. The SMILES string of the molecule is C[C@H](Nc1nc(C(=O)CCC2CCN(CCc3ccccc3)CC2)c2sccc2n1)c1ccccn1. The number of nitrogens with zero attached hydrogens (tertiary/aromatic N) is 4. The first-order chi connectivity index (χ1) is 17.7. The van der Waals surface area contributed by atoms with Crippen LogP contribution in [0.3, 0.4) is 0 Å². The van der Waals surface area contributed by atoms with Gasteiger partial charge in [-0.25, -0.2) is 9.97 Å². The number of anilines is 1. The summed E-state index contributed by atoms with van der Waals surface area (Å²) in [5.74, 6) is 1.20. The van der Waals surface area contributed by atoms with E-state index in [2.05, 4.69) is 55.5 Å². The lowest BCUT2D eigenvalue weighted by atomic mass is 9.90. The van der Waals surface area contributed by atoms with Crippen molar-refractivity contribution < 1.29 is 4.79 Å². The molecule has 4 heterocycles. The molecule has 1 N–H and O–H groups in total. The van der Waals surface area contributed by atoms with Gasteiger partial charge >= 0.3 is 0 Å². The molecule has 6 nitrogen and oxygen atoms in total. The van der Waals surface area contributed by atoms with Gasteiger partial charge in [0.1, 0.15) is 5.69 Å². The number of aromatic nitrogens is 3. The molecule has 0 saturated carbocycles. The molecule has 0 radical (unpaired) electrons. The van der Waals surface area contributed by atoms with Gasteiger partial charge in [-0.1, -0.05) is 36.4 Å². The van der Waals surface area contributed by atoms with Crippen LogP contribution in [0.2, 0.25) is 0 Å². The Balaban J connectivity index is 1.16. The van der Waals surface area contributed by atoms with Crippen LogP contribution in [0.25, 0.3) is 10.2 Å². The van der Waals surface area contributed by atoms with Crippen LogP contribution in [-0.4, -0.2) is 45.3 Å². The molecule has 1 aliphatic heterocycles. The van der Waals surface area contributed by atoms with Crippen LogP contribution in [0.15, 0.2) is 66.2 Å². The van der Waals surface area contributed by atoms with Gasteiger partial charge in [0, 0.05) is 19.2 Å². The summed E-state index contributed by atoms with van der Waals surface area (Å²) in [6.45, 7) is 5.37. The van der Waals surface area contributed by atoms with E-state index in [4.69, 9.17) is 0 Å². The highest BCUT2D eigenvalue weighted by Crippen LogP contribution is 2.28. The standard InChI is InChI=1S/C29H33N5OS/c1-21(24-9-5-6-16-30-24)31-29-32-25-15-20-36-28(25)27(33-29)26(35)11-10-23-13-18-34(19-14-23)17-12-22-7-3-2-4-8-22/h2-9,15-16,20-21,23H,10-14,17-19H2,1H3,(H,31,32,33)/t21-/m0/s1. The van der Waals surface area contributed by atoms with Crippen LogP contribution in [0, 0.1) is 5.92 Å². The lowest BCUT2D eigenvalue weighted by molar-refractivity contribution is 0.0959. The number of benzene rings is 1. The van der Waals surface area contributed by atoms with E-state index in [0.29, 0.717) is 24.0 Å². The lowest BCUT2D eigenvalue weighted by Gasteiger charge is -2.31. The summed E-state index contributed by atoms with van der Waals surface area (Å²) in [7, 11) is 0. The second-order valence-electron chi connectivity index (χ2n) is 9.63. The Morgan fingerprint density at radius 3 is 2.67 bits per heavy atom. The number of nitrogens with one attached hydrogen (secondary N) is 1. The average molecular weight is 500 g/mol. The molecule has 5 rings (SSSR count). The van der Waals surface area contributed by atoms with E-state index in [1.807, 2.05) is 36.6 Å². The Morgan fingerprint density at radius 2 is 1.89 bits per heavy atom. The van der Waals surface area contributed by atoms with Crippen molar-refractivity contribution in [2.75, 3.05) is 25.0 Å². The smallest absolute Gasteiger partial charge is 0.224 e. The third-order valence-corrected chi connectivity index (χ3v) is 8.00. The van der Waals surface area contributed by atoms with Gasteiger partial charge in [0.25, 0.3) is 0 Å². The summed E-state index contributed by atoms with van der Waals surface area (Å²) in [4.78, 5) is 29.6. The highest BCUT2D eigenvalue weighted by Gasteiger charge is 2.22. The molecule has 186 valence electrons. The quantitative estimate of drug-likeness (QED) is 0.263. The van der Waals surface area contributed by atoms with Crippen molar-refractivity contribution in [2.45, 2.75) is 45.1 Å². The van der Waals surface area contributed by atoms with Crippen molar-refractivity contribution in [1.29, 1.82) is 0 Å². The van der Waals surface area contributed by atoms with E-state index in [9.17, 15) is 4.79 Å². The monoisotopic (exact) mass is 499 g/mol. The first kappa shape index (κ1) is 24.5. The molecule has 1 fully saturated rings. The average Bonchev–Trinajstić information content (AvgIpc) is 3.40. The molecule has 0 unspecified atom stereocenters. The first-order valence-corrected chi connectivity index (χ1v) is 13.8. The Bertz CT molecular complexity index is 1270. The predicted molar refractivity (Wildman–Crippen MR) is 147 cm³/mol. The number of carbonyl (C=O) groups excluding carboxylic acids is 1. The number of Topliss-reactive ketones (excluding diaryl/α,β-unsaturated/α-hetero) is 1. The number of fused-ring (bicyclic) bond motifs is 1. The second-order valence-corrected chi connectivity index (χ2v) is 10.5. The Labute approximate surface area is 216 Å². The molecule has 1 aliphatic rings. The molecule has 0 amide bonds. The van der Waals surface area contributed by atoms with E-state index >= 15 is 0 Å². The van der Waals surface area contributed by atoms with E-state index < -0.39 is 0 Å². The van der Waals surface area contributed by atoms with Gasteiger partial charge in [0.2, 0.25) is 5.95 Å². The summed E-state index contributed by atoms with van der Waals surface area (Å²) in [5, 5.41) is 5.31. The van der Waals surface area contributed by atoms with Gasteiger partial charge in [-0.3, -0.25) is 9.78 Å². The van der Waals surface area contributed by atoms with E-state index in [0.717, 1.165) is 61.2 Å². The van der Waals surface area contributed by atoms with Gasteiger partial charge in [-0.15, -0.1) is 11.3 Å². The predicted octanol–water partition coefficient (Wildman–Crippen LogP) is 6.18. The Morgan fingerprint density at radius 1 is 1.08 bits per heavy atom. The van der Waals surface area contributed by atoms with Crippen LogP contribution in [-0.2, 0) is 6.42 Å². The first-order valence-electron chi connectivity index (χ1n) is 12.9. The van der Waals surface area contributed by atoms with Gasteiger partial charge in [-0.2, -0.15) is 0 Å². The zero-order valence-electron chi connectivity index (χ0n) is 20.8. The fraction of sp³-hybridized carbons (Fsp3) is 0.379. The summed E-state index contributed by atoms with van der Waals surface area (Å²) in [5.41, 5.74) is 3.68. The van der Waals surface area contributed by atoms with Crippen LogP contribution >= 0.6 is 11.3 Å². The number of piperidine rings is 1. The summed E-state index contributed by atoms with van der Waals surface area (Å²) in [6, 6.07) is 18.4. The van der Waals surface area contributed by atoms with Crippen molar-refractivity contribution in [3.05, 3.63) is 83.1 Å². The van der Waals surface area contributed by atoms with E-state index in [-0.39, 0.29) is 11.8 Å². The fourth-order valence-electron chi connectivity index (χ4n) is 4.90. The van der Waals surface area contributed by atoms with Crippen LogP contribution in [0.4, 0.5) is 5.95 Å². The molecular formula is C29H33N5OS. The maximum Gasteiger partial charge on any atom is 0.224 e. The van der Waals surface area contributed by atoms with Crippen LogP contribution in [0.1, 0.15) is 60.4 Å². The molecular weight excluding hydrogens is 466 g/mol. The Kier molecular flexibility index (Phi) is 7.98. The minimum atomic E-state index is -0.0580. The summed E-state index contributed by atoms with van der Waals surface area (Å²) < 4.78 is 0.881. The molecule has 3 aromatic heterocycles. The van der Waals surface area contributed by atoms with Crippen molar-refractivity contribution >= 4 is 33.3 Å². The lowest BCUT2D eigenvalue weighted by Crippen LogP contribution is -2.35. The third kappa shape index (κ3) is 6.15. The van der Waals surface area contributed by atoms with Gasteiger partial charge in [-0.05, 0) is 80.8 Å². The zero-order chi connectivity index (χ0) is 24.7. The molecule has 0 aliphatic carbocycles. The highest BCUT2D eigenvalue weighted by molar-refractivity contribution is 7.17. The summed E-state index contributed by atoms with van der Waals surface area (Å²) >= 11 is 1.54. The van der Waals surface area contributed by atoms with Crippen molar-refractivity contribution in [3.8, 4) is 0 Å². The maximum atomic E-state index is 13.3. The number of thiophene rings is 1. The number of rotatable bonds is 10. The largest absolute Gasteiger partial charge is 0.346 e. The third-order valence-electron chi connectivity index (χ3n) is 7.09. The highest BCUT2D eigenvalue weighted by atomic mass is 32.1. The Hall–Kier alpha value is -3.16. The van der Waals surface area contributed by atoms with Crippen LogP contribution < -0.4 is 5.32 Å². The van der Waals surface area contributed by atoms with Crippen molar-refractivity contribution in [2.24, 2.45) is 5.92 Å². The molecule has 7 heteroatoms. The van der Waals surface area contributed by atoms with Crippen molar-refractivity contribution in [1.82, 2.24) is 19.9 Å².